The number of oxime groups is 1. The average molecular weight is 239 g/mol. The summed E-state index contributed by atoms with van der Waals surface area (Å²) in [5.74, 6) is 0. The maximum absolute atomic E-state index is 10.5. The van der Waals surface area contributed by atoms with Gasteiger partial charge in [0.1, 0.15) is 12.1 Å². The van der Waals surface area contributed by atoms with E-state index in [9.17, 15) is 20.2 Å². The van der Waals surface area contributed by atoms with Gasteiger partial charge in [0.05, 0.1) is 9.85 Å². The quantitative estimate of drug-likeness (QED) is 0.271. The van der Waals surface area contributed by atoms with E-state index in [1.807, 2.05) is 0 Å². The molecular formula is C9H9N3O5. The van der Waals surface area contributed by atoms with E-state index in [0.717, 1.165) is 0 Å². The summed E-state index contributed by atoms with van der Waals surface area (Å²) >= 11 is 0. The van der Waals surface area contributed by atoms with E-state index in [1.165, 1.54) is 0 Å². The van der Waals surface area contributed by atoms with Gasteiger partial charge in [-0.05, 0) is 5.56 Å². The first-order chi connectivity index (χ1) is 8.06. The number of nitro groups is 2. The Kier molecular flexibility index (Phi) is 4.09. The maximum Gasteiger partial charge on any atom is 0.456 e. The van der Waals surface area contributed by atoms with Crippen LogP contribution in [0.3, 0.4) is 0 Å². The van der Waals surface area contributed by atoms with Crippen molar-refractivity contribution >= 4 is 5.71 Å². The minimum Gasteiger partial charge on any atom is -0.411 e. The van der Waals surface area contributed by atoms with Gasteiger partial charge in [-0.25, -0.2) is 0 Å². The Morgan fingerprint density at radius 2 is 1.76 bits per heavy atom. The van der Waals surface area contributed by atoms with Gasteiger partial charge in [-0.1, -0.05) is 35.5 Å². The summed E-state index contributed by atoms with van der Waals surface area (Å²) < 4.78 is 0. The Bertz CT molecular complexity index is 431. The Morgan fingerprint density at radius 1 is 1.24 bits per heavy atom. The first-order valence-corrected chi connectivity index (χ1v) is 4.59. The topological polar surface area (TPSA) is 119 Å². The first kappa shape index (κ1) is 12.6. The largest absolute Gasteiger partial charge is 0.456 e. The zero-order valence-electron chi connectivity index (χ0n) is 8.59. The van der Waals surface area contributed by atoms with Crippen LogP contribution < -0.4 is 0 Å². The van der Waals surface area contributed by atoms with Crippen molar-refractivity contribution in [2.45, 2.75) is 12.6 Å². The third-order valence-electron chi connectivity index (χ3n) is 2.09. The van der Waals surface area contributed by atoms with Gasteiger partial charge in [0.15, 0.2) is 0 Å². The summed E-state index contributed by atoms with van der Waals surface area (Å²) in [6.07, 6.45) is -2.58. The third-order valence-corrected chi connectivity index (χ3v) is 2.09. The molecule has 0 aliphatic rings. The minimum absolute atomic E-state index is 0.0935. The van der Waals surface area contributed by atoms with E-state index in [4.69, 9.17) is 5.21 Å². The first-order valence-electron chi connectivity index (χ1n) is 4.59. The molecule has 0 bridgehead atoms. The molecule has 0 aliphatic carbocycles. The molecule has 0 aliphatic heterocycles. The van der Waals surface area contributed by atoms with Crippen LogP contribution in [0, 0.1) is 20.2 Å². The van der Waals surface area contributed by atoms with Crippen LogP contribution in [-0.4, -0.2) is 26.9 Å². The second kappa shape index (κ2) is 5.54. The molecule has 0 fully saturated rings. The van der Waals surface area contributed by atoms with E-state index in [0.29, 0.717) is 5.56 Å². The van der Waals surface area contributed by atoms with Crippen molar-refractivity contribution in [1.82, 2.24) is 0 Å². The van der Waals surface area contributed by atoms with Crippen molar-refractivity contribution in [1.29, 1.82) is 0 Å². The smallest absolute Gasteiger partial charge is 0.411 e. The number of nitrogens with zero attached hydrogens (tertiary/aromatic N) is 3. The molecule has 1 N–H and O–H groups in total. The van der Waals surface area contributed by atoms with Gasteiger partial charge >= 0.3 is 6.17 Å². The molecule has 8 heteroatoms. The van der Waals surface area contributed by atoms with Crippen molar-refractivity contribution in [2.24, 2.45) is 5.16 Å². The summed E-state index contributed by atoms with van der Waals surface area (Å²) in [6, 6.07) is 8.07. The fraction of sp³-hybridized carbons (Fsp3) is 0.222. The van der Waals surface area contributed by atoms with Crippen LogP contribution in [0.1, 0.15) is 12.0 Å². The number of hydrogen-bond acceptors (Lipinski definition) is 6. The summed E-state index contributed by atoms with van der Waals surface area (Å²) in [5, 5.41) is 32.5. The summed E-state index contributed by atoms with van der Waals surface area (Å²) in [6.45, 7) is 0. The molecule has 8 nitrogen and oxygen atoms in total. The molecule has 0 unspecified atom stereocenters. The van der Waals surface area contributed by atoms with E-state index in [-0.39, 0.29) is 5.71 Å². The second-order valence-corrected chi connectivity index (χ2v) is 3.17. The van der Waals surface area contributed by atoms with Crippen molar-refractivity contribution in [3.63, 3.8) is 0 Å². The molecule has 1 rings (SSSR count). The SMILES string of the molecule is O=[N+]([O-])C(CC(=NO)c1ccccc1)[N+](=O)[O-]. The van der Waals surface area contributed by atoms with E-state index in [1.54, 1.807) is 30.3 Å². The van der Waals surface area contributed by atoms with Crippen LogP contribution in [0.4, 0.5) is 0 Å². The lowest BCUT2D eigenvalue weighted by Crippen LogP contribution is -2.31. The number of rotatable bonds is 5. The molecule has 0 amide bonds. The van der Waals surface area contributed by atoms with Crippen LogP contribution in [-0.2, 0) is 0 Å². The molecule has 0 radical (unpaired) electrons. The van der Waals surface area contributed by atoms with Crippen molar-refractivity contribution in [2.75, 3.05) is 0 Å². The second-order valence-electron chi connectivity index (χ2n) is 3.17. The number of benzene rings is 1. The maximum atomic E-state index is 10.5. The minimum atomic E-state index is -2.01. The molecule has 0 spiro atoms. The van der Waals surface area contributed by atoms with Crippen molar-refractivity contribution in [3.8, 4) is 0 Å². The molecule has 0 saturated carbocycles. The zero-order chi connectivity index (χ0) is 12.8. The molecule has 0 heterocycles. The highest BCUT2D eigenvalue weighted by atomic mass is 16.7. The molecule has 90 valence electrons. The molecule has 1 aromatic carbocycles. The van der Waals surface area contributed by atoms with Gasteiger partial charge < -0.3 is 5.21 Å². The van der Waals surface area contributed by atoms with Gasteiger partial charge in [-0.2, -0.15) is 0 Å². The van der Waals surface area contributed by atoms with Crippen molar-refractivity contribution in [3.05, 3.63) is 56.1 Å². The third kappa shape index (κ3) is 3.23. The molecule has 1 aromatic rings. The molecule has 0 aromatic heterocycles. The fourth-order valence-electron chi connectivity index (χ4n) is 1.25. The highest BCUT2D eigenvalue weighted by Crippen LogP contribution is 2.09. The molecular weight excluding hydrogens is 230 g/mol. The molecule has 0 atom stereocenters. The summed E-state index contributed by atoms with van der Waals surface area (Å²) in [4.78, 5) is 18.9. The lowest BCUT2D eigenvalue weighted by Gasteiger charge is -2.04. The van der Waals surface area contributed by atoms with Crippen LogP contribution in [0.5, 0.6) is 0 Å². The predicted molar refractivity (Wildman–Crippen MR) is 57.2 cm³/mol. The van der Waals surface area contributed by atoms with Crippen LogP contribution in [0.15, 0.2) is 35.5 Å². The average Bonchev–Trinajstić information content (AvgIpc) is 2.30. The van der Waals surface area contributed by atoms with Crippen LogP contribution in [0.2, 0.25) is 0 Å². The lowest BCUT2D eigenvalue weighted by molar-refractivity contribution is -0.740. The highest BCUT2D eigenvalue weighted by Gasteiger charge is 2.34. The summed E-state index contributed by atoms with van der Waals surface area (Å²) in [7, 11) is 0. The Balaban J connectivity index is 2.92. The van der Waals surface area contributed by atoms with Gasteiger partial charge in [-0.3, -0.25) is 20.2 Å². The van der Waals surface area contributed by atoms with Crippen LogP contribution in [0.25, 0.3) is 0 Å². The van der Waals surface area contributed by atoms with E-state index < -0.39 is 22.4 Å². The van der Waals surface area contributed by atoms with Crippen LogP contribution >= 0.6 is 0 Å². The lowest BCUT2D eigenvalue weighted by atomic mass is 10.1. The zero-order valence-corrected chi connectivity index (χ0v) is 8.59. The van der Waals surface area contributed by atoms with E-state index in [2.05, 4.69) is 5.16 Å². The van der Waals surface area contributed by atoms with Crippen molar-refractivity contribution < 1.29 is 15.1 Å². The highest BCUT2D eigenvalue weighted by molar-refractivity contribution is 6.00. The standard InChI is InChI=1S/C9H9N3O5/c13-10-8(7-4-2-1-3-5-7)6-9(11(14)15)12(16)17/h1-5,9,13H,6H2. The van der Waals surface area contributed by atoms with E-state index >= 15 is 0 Å². The summed E-state index contributed by atoms with van der Waals surface area (Å²) in [5.41, 5.74) is 0.313. The molecule has 17 heavy (non-hydrogen) atoms. The Hall–Kier alpha value is -2.51. The van der Waals surface area contributed by atoms with Gasteiger partial charge in [0, 0.05) is 0 Å². The Morgan fingerprint density at radius 3 is 2.18 bits per heavy atom. The normalized spacial score (nSPS) is 11.5. The fourth-order valence-corrected chi connectivity index (χ4v) is 1.25. The molecule has 0 saturated heterocycles. The van der Waals surface area contributed by atoms with Gasteiger partial charge in [-0.15, -0.1) is 0 Å². The van der Waals surface area contributed by atoms with Gasteiger partial charge in [0.2, 0.25) is 0 Å². The Labute approximate surface area is 95.5 Å². The predicted octanol–water partition coefficient (Wildman–Crippen LogP) is 1.13. The monoisotopic (exact) mass is 239 g/mol. The number of hydrogen-bond donors (Lipinski definition) is 1. The van der Waals surface area contributed by atoms with Gasteiger partial charge in [0.25, 0.3) is 0 Å².